The Labute approximate surface area is 128 Å². The minimum atomic E-state index is -0.980. The Kier molecular flexibility index (Phi) is 3.66. The van der Waals surface area contributed by atoms with E-state index in [9.17, 15) is 9.90 Å². The maximum Gasteiger partial charge on any atom is 0.337 e. The van der Waals surface area contributed by atoms with Gasteiger partial charge in [0.15, 0.2) is 0 Å². The third kappa shape index (κ3) is 2.59. The van der Waals surface area contributed by atoms with Gasteiger partial charge in [-0.2, -0.15) is 0 Å². The zero-order valence-electron chi connectivity index (χ0n) is 12.0. The van der Waals surface area contributed by atoms with Crippen LogP contribution < -0.4 is 0 Å². The number of carbonyl (C=O) groups is 1. The van der Waals surface area contributed by atoms with Crippen molar-refractivity contribution in [3.05, 3.63) is 72.2 Å². The van der Waals surface area contributed by atoms with Crippen molar-refractivity contribution >= 4 is 5.97 Å². The molecule has 0 bridgehead atoms. The van der Waals surface area contributed by atoms with Crippen molar-refractivity contribution in [2.45, 2.75) is 6.92 Å². The lowest BCUT2D eigenvalue weighted by atomic mass is 9.96. The summed E-state index contributed by atoms with van der Waals surface area (Å²) in [6.07, 6.45) is 4.80. The molecule has 0 aliphatic carbocycles. The fourth-order valence-electron chi connectivity index (χ4n) is 2.40. The van der Waals surface area contributed by atoms with Gasteiger partial charge in [0.25, 0.3) is 0 Å². The summed E-state index contributed by atoms with van der Waals surface area (Å²) in [5.41, 5.74) is 4.43. The van der Waals surface area contributed by atoms with E-state index in [0.29, 0.717) is 5.56 Å². The summed E-state index contributed by atoms with van der Waals surface area (Å²) in [6.45, 7) is 1.97. The minimum absolute atomic E-state index is 0.201. The standard InChI is InChI=1S/C18H14N2O2/c1-12-4-2-3-5-14(12)15-10-17(13-6-8-19-9-7-13)20-11-16(15)18(21)22/h2-11H,1H3,(H,21,22). The molecule has 0 unspecified atom stereocenters. The maximum atomic E-state index is 11.5. The molecule has 1 aromatic carbocycles. The van der Waals surface area contributed by atoms with Crippen LogP contribution in [0.1, 0.15) is 15.9 Å². The lowest BCUT2D eigenvalue weighted by molar-refractivity contribution is 0.0697. The van der Waals surface area contributed by atoms with Crippen molar-refractivity contribution in [1.29, 1.82) is 0 Å². The average Bonchev–Trinajstić information content (AvgIpc) is 2.55. The summed E-state index contributed by atoms with van der Waals surface area (Å²) in [5, 5.41) is 9.43. The number of carboxylic acids is 1. The first-order chi connectivity index (χ1) is 10.7. The maximum absolute atomic E-state index is 11.5. The fourth-order valence-corrected chi connectivity index (χ4v) is 2.40. The predicted octanol–water partition coefficient (Wildman–Crippen LogP) is 3.82. The molecule has 4 heteroatoms. The molecule has 0 amide bonds. The van der Waals surface area contributed by atoms with Crippen LogP contribution in [0.2, 0.25) is 0 Å². The first kappa shape index (κ1) is 13.9. The van der Waals surface area contributed by atoms with Crippen molar-refractivity contribution in [1.82, 2.24) is 9.97 Å². The number of aromatic carboxylic acids is 1. The van der Waals surface area contributed by atoms with Crippen LogP contribution in [0.3, 0.4) is 0 Å². The van der Waals surface area contributed by atoms with Crippen molar-refractivity contribution in [2.75, 3.05) is 0 Å². The van der Waals surface area contributed by atoms with Crippen molar-refractivity contribution in [2.24, 2.45) is 0 Å². The topological polar surface area (TPSA) is 63.1 Å². The molecule has 3 rings (SSSR count). The summed E-state index contributed by atoms with van der Waals surface area (Å²) >= 11 is 0. The van der Waals surface area contributed by atoms with Gasteiger partial charge in [0.05, 0.1) is 11.3 Å². The largest absolute Gasteiger partial charge is 0.478 e. The third-order valence-electron chi connectivity index (χ3n) is 3.55. The van der Waals surface area contributed by atoms with E-state index in [1.54, 1.807) is 12.4 Å². The molecule has 0 aliphatic heterocycles. The smallest absolute Gasteiger partial charge is 0.337 e. The third-order valence-corrected chi connectivity index (χ3v) is 3.55. The fraction of sp³-hybridized carbons (Fsp3) is 0.0556. The molecule has 1 N–H and O–H groups in total. The highest BCUT2D eigenvalue weighted by Crippen LogP contribution is 2.30. The second kappa shape index (κ2) is 5.77. The second-order valence-electron chi connectivity index (χ2n) is 4.97. The Morgan fingerprint density at radius 2 is 1.77 bits per heavy atom. The van der Waals surface area contributed by atoms with Gasteiger partial charge in [0.1, 0.15) is 0 Å². The quantitative estimate of drug-likeness (QED) is 0.796. The highest BCUT2D eigenvalue weighted by atomic mass is 16.4. The predicted molar refractivity (Wildman–Crippen MR) is 84.6 cm³/mol. The van der Waals surface area contributed by atoms with Crippen LogP contribution in [0.25, 0.3) is 22.4 Å². The summed E-state index contributed by atoms with van der Waals surface area (Å²) in [5.74, 6) is -0.980. The van der Waals surface area contributed by atoms with Crippen LogP contribution in [-0.4, -0.2) is 21.0 Å². The molecular formula is C18H14N2O2. The number of benzene rings is 1. The number of rotatable bonds is 3. The van der Waals surface area contributed by atoms with Gasteiger partial charge in [-0.15, -0.1) is 0 Å². The van der Waals surface area contributed by atoms with Gasteiger partial charge >= 0.3 is 5.97 Å². The molecule has 3 aromatic rings. The van der Waals surface area contributed by atoms with E-state index < -0.39 is 5.97 Å². The number of pyridine rings is 2. The molecule has 2 aromatic heterocycles. The number of aryl methyl sites for hydroxylation is 1. The van der Waals surface area contributed by atoms with Crippen LogP contribution in [-0.2, 0) is 0 Å². The van der Waals surface area contributed by atoms with Gasteiger partial charge in [-0.25, -0.2) is 4.79 Å². The van der Waals surface area contributed by atoms with Gasteiger partial charge in [-0.3, -0.25) is 9.97 Å². The normalized spacial score (nSPS) is 10.4. The minimum Gasteiger partial charge on any atom is -0.478 e. The van der Waals surface area contributed by atoms with E-state index in [1.165, 1.54) is 6.20 Å². The number of nitrogens with zero attached hydrogens (tertiary/aromatic N) is 2. The van der Waals surface area contributed by atoms with Crippen LogP contribution in [0, 0.1) is 6.92 Å². The van der Waals surface area contributed by atoms with E-state index >= 15 is 0 Å². The SMILES string of the molecule is Cc1ccccc1-c1cc(-c2ccncc2)ncc1C(=O)O. The summed E-state index contributed by atoms with van der Waals surface area (Å²) in [7, 11) is 0. The molecule has 108 valence electrons. The van der Waals surface area contributed by atoms with Crippen LogP contribution in [0.5, 0.6) is 0 Å². The van der Waals surface area contributed by atoms with Gasteiger partial charge in [0, 0.05) is 29.7 Å². The Balaban J connectivity index is 2.22. The summed E-state index contributed by atoms with van der Waals surface area (Å²) in [6, 6.07) is 13.3. The first-order valence-corrected chi connectivity index (χ1v) is 6.86. The molecule has 0 aliphatic rings. The first-order valence-electron chi connectivity index (χ1n) is 6.86. The summed E-state index contributed by atoms with van der Waals surface area (Å²) < 4.78 is 0. The number of hydrogen-bond acceptors (Lipinski definition) is 3. The Bertz CT molecular complexity index is 830. The lowest BCUT2D eigenvalue weighted by Gasteiger charge is -2.11. The van der Waals surface area contributed by atoms with Gasteiger partial charge in [0.2, 0.25) is 0 Å². The monoisotopic (exact) mass is 290 g/mol. The van der Waals surface area contributed by atoms with E-state index in [-0.39, 0.29) is 5.56 Å². The van der Waals surface area contributed by atoms with Gasteiger partial charge in [-0.1, -0.05) is 24.3 Å². The Hall–Kier alpha value is -3.01. The molecule has 0 saturated heterocycles. The lowest BCUT2D eigenvalue weighted by Crippen LogP contribution is -2.02. The number of aromatic nitrogens is 2. The van der Waals surface area contributed by atoms with E-state index in [1.807, 2.05) is 49.4 Å². The van der Waals surface area contributed by atoms with Gasteiger partial charge < -0.3 is 5.11 Å². The zero-order chi connectivity index (χ0) is 15.5. The summed E-state index contributed by atoms with van der Waals surface area (Å²) in [4.78, 5) is 19.8. The molecule has 0 spiro atoms. The molecule has 0 saturated carbocycles. The zero-order valence-corrected chi connectivity index (χ0v) is 12.0. The highest BCUT2D eigenvalue weighted by Gasteiger charge is 2.15. The molecule has 0 radical (unpaired) electrons. The van der Waals surface area contributed by atoms with Crippen molar-refractivity contribution < 1.29 is 9.90 Å². The second-order valence-corrected chi connectivity index (χ2v) is 4.97. The van der Waals surface area contributed by atoms with Crippen molar-refractivity contribution in [3.8, 4) is 22.4 Å². The molecular weight excluding hydrogens is 276 g/mol. The molecule has 22 heavy (non-hydrogen) atoms. The van der Waals surface area contributed by atoms with Crippen molar-refractivity contribution in [3.63, 3.8) is 0 Å². The van der Waals surface area contributed by atoms with E-state index in [2.05, 4.69) is 9.97 Å². The molecule has 4 nitrogen and oxygen atoms in total. The average molecular weight is 290 g/mol. The van der Waals surface area contributed by atoms with Crippen LogP contribution in [0.4, 0.5) is 0 Å². The Morgan fingerprint density at radius 1 is 1.05 bits per heavy atom. The van der Waals surface area contributed by atoms with E-state index in [0.717, 1.165) is 22.4 Å². The van der Waals surface area contributed by atoms with E-state index in [4.69, 9.17) is 0 Å². The molecule has 0 fully saturated rings. The van der Waals surface area contributed by atoms with Gasteiger partial charge in [-0.05, 0) is 36.2 Å². The molecule has 0 atom stereocenters. The van der Waals surface area contributed by atoms with Crippen LogP contribution >= 0.6 is 0 Å². The highest BCUT2D eigenvalue weighted by molar-refractivity contribution is 5.97. The Morgan fingerprint density at radius 3 is 2.45 bits per heavy atom. The van der Waals surface area contributed by atoms with Crippen LogP contribution in [0.15, 0.2) is 61.1 Å². The number of hydrogen-bond donors (Lipinski definition) is 1. The number of carboxylic acid groups (broad SMARTS) is 1. The molecule has 2 heterocycles.